The van der Waals surface area contributed by atoms with Gasteiger partial charge >= 0.3 is 0 Å². The molecule has 0 radical (unpaired) electrons. The molecule has 31 heavy (non-hydrogen) atoms. The van der Waals surface area contributed by atoms with E-state index in [2.05, 4.69) is 52.3 Å². The molecule has 1 amide bonds. The van der Waals surface area contributed by atoms with Crippen LogP contribution in [0.1, 0.15) is 24.0 Å². The Morgan fingerprint density at radius 3 is 2.19 bits per heavy atom. The van der Waals surface area contributed by atoms with Gasteiger partial charge in [0.1, 0.15) is 0 Å². The summed E-state index contributed by atoms with van der Waals surface area (Å²) in [5, 5.41) is 0. The molecule has 0 saturated carbocycles. The van der Waals surface area contributed by atoms with Gasteiger partial charge in [0.05, 0.1) is 12.6 Å². The zero-order chi connectivity index (χ0) is 21.5. The smallest absolute Gasteiger partial charge is 0.237 e. The van der Waals surface area contributed by atoms with E-state index in [0.717, 1.165) is 45.4 Å². The molecular formula is C26H35N3O2. The summed E-state index contributed by atoms with van der Waals surface area (Å²) >= 11 is 0. The van der Waals surface area contributed by atoms with E-state index in [9.17, 15) is 4.79 Å². The first kappa shape index (κ1) is 22.0. The number of benzene rings is 2. The summed E-state index contributed by atoms with van der Waals surface area (Å²) in [6, 6.07) is 21.4. The molecule has 0 N–H and O–H groups in total. The molecule has 2 fully saturated rings. The highest BCUT2D eigenvalue weighted by molar-refractivity contribution is 5.78. The first-order valence-corrected chi connectivity index (χ1v) is 11.6. The number of rotatable bonds is 7. The molecule has 0 bridgehead atoms. The lowest BCUT2D eigenvalue weighted by Crippen LogP contribution is -2.48. The van der Waals surface area contributed by atoms with Gasteiger partial charge in [0.2, 0.25) is 5.91 Å². The molecule has 2 aromatic rings. The molecule has 2 aliphatic heterocycles. The first-order valence-electron chi connectivity index (χ1n) is 11.6. The van der Waals surface area contributed by atoms with E-state index >= 15 is 0 Å². The van der Waals surface area contributed by atoms with E-state index in [1.165, 1.54) is 11.1 Å². The third-order valence-corrected chi connectivity index (χ3v) is 6.74. The van der Waals surface area contributed by atoms with Crippen LogP contribution < -0.4 is 0 Å². The Morgan fingerprint density at radius 1 is 0.903 bits per heavy atom. The predicted octanol–water partition coefficient (Wildman–Crippen LogP) is 3.05. The van der Waals surface area contributed by atoms with Crippen molar-refractivity contribution in [3.63, 3.8) is 0 Å². The van der Waals surface area contributed by atoms with E-state index in [0.29, 0.717) is 25.7 Å². The average molecular weight is 422 g/mol. The number of hydrogen-bond donors (Lipinski definition) is 0. The summed E-state index contributed by atoms with van der Waals surface area (Å²) in [4.78, 5) is 20.0. The second-order valence-corrected chi connectivity index (χ2v) is 8.86. The first-order chi connectivity index (χ1) is 15.2. The Balaban J connectivity index is 1.30. The van der Waals surface area contributed by atoms with Gasteiger partial charge in [-0.15, -0.1) is 0 Å². The topological polar surface area (TPSA) is 36.0 Å². The molecule has 2 aromatic carbocycles. The van der Waals surface area contributed by atoms with Crippen molar-refractivity contribution < 1.29 is 9.53 Å². The van der Waals surface area contributed by atoms with Crippen LogP contribution in [0.25, 0.3) is 0 Å². The molecule has 0 aliphatic carbocycles. The molecule has 166 valence electrons. The van der Waals surface area contributed by atoms with Crippen LogP contribution >= 0.6 is 0 Å². The highest BCUT2D eigenvalue weighted by Gasteiger charge is 2.33. The second-order valence-electron chi connectivity index (χ2n) is 8.86. The molecule has 5 heteroatoms. The average Bonchev–Trinajstić information content (AvgIpc) is 2.98. The van der Waals surface area contributed by atoms with E-state index in [-0.39, 0.29) is 12.0 Å². The molecule has 2 heterocycles. The molecule has 0 spiro atoms. The summed E-state index contributed by atoms with van der Waals surface area (Å²) < 4.78 is 5.77. The Labute approximate surface area is 186 Å². The van der Waals surface area contributed by atoms with E-state index in [4.69, 9.17) is 4.74 Å². The number of carbonyl (C=O) groups excluding carboxylic acids is 1. The SMILES string of the molecule is COC1CN(Cc2ccccc2)C(=O)CN(C2CCN(CCc3ccccc3)CC2)C1. The van der Waals surface area contributed by atoms with Crippen molar-refractivity contribution in [2.24, 2.45) is 0 Å². The highest BCUT2D eigenvalue weighted by Crippen LogP contribution is 2.21. The van der Waals surface area contributed by atoms with Gasteiger partial charge in [0.15, 0.2) is 0 Å². The zero-order valence-electron chi connectivity index (χ0n) is 18.7. The summed E-state index contributed by atoms with van der Waals surface area (Å²) in [5.41, 5.74) is 2.58. The lowest BCUT2D eigenvalue weighted by atomic mass is 10.0. The van der Waals surface area contributed by atoms with Gasteiger partial charge in [-0.3, -0.25) is 9.69 Å². The molecule has 5 nitrogen and oxygen atoms in total. The number of nitrogens with zero attached hydrogens (tertiary/aromatic N) is 3. The lowest BCUT2D eigenvalue weighted by Gasteiger charge is -2.38. The second kappa shape index (κ2) is 10.9. The number of hydrogen-bond acceptors (Lipinski definition) is 4. The van der Waals surface area contributed by atoms with Crippen molar-refractivity contribution in [2.45, 2.75) is 38.0 Å². The Hall–Kier alpha value is -2.21. The van der Waals surface area contributed by atoms with Crippen molar-refractivity contribution in [2.75, 3.05) is 46.4 Å². The Morgan fingerprint density at radius 2 is 1.55 bits per heavy atom. The minimum atomic E-state index is 0.0614. The molecule has 1 unspecified atom stereocenters. The number of amides is 1. The number of ether oxygens (including phenoxy) is 1. The quantitative estimate of drug-likeness (QED) is 0.689. The number of carbonyl (C=O) groups is 1. The molecule has 2 saturated heterocycles. The number of piperidine rings is 1. The van der Waals surface area contributed by atoms with Crippen LogP contribution in [0.15, 0.2) is 60.7 Å². The fraction of sp³-hybridized carbons (Fsp3) is 0.500. The maximum atomic E-state index is 13.1. The summed E-state index contributed by atoms with van der Waals surface area (Å²) in [6.45, 7) is 5.98. The Bertz CT molecular complexity index is 806. The zero-order valence-corrected chi connectivity index (χ0v) is 18.7. The van der Waals surface area contributed by atoms with Crippen LogP contribution in [0.4, 0.5) is 0 Å². The van der Waals surface area contributed by atoms with Crippen LogP contribution in [0, 0.1) is 0 Å². The van der Waals surface area contributed by atoms with Crippen molar-refractivity contribution in [1.82, 2.24) is 14.7 Å². The van der Waals surface area contributed by atoms with Crippen molar-refractivity contribution in [3.05, 3.63) is 71.8 Å². The van der Waals surface area contributed by atoms with Gasteiger partial charge in [-0.05, 0) is 43.5 Å². The van der Waals surface area contributed by atoms with E-state index in [1.54, 1.807) is 7.11 Å². The van der Waals surface area contributed by atoms with Gasteiger partial charge in [-0.2, -0.15) is 0 Å². The number of methoxy groups -OCH3 is 1. The van der Waals surface area contributed by atoms with Gasteiger partial charge in [0, 0.05) is 39.3 Å². The summed E-state index contributed by atoms with van der Waals surface area (Å²) in [6.07, 6.45) is 3.41. The fourth-order valence-electron chi connectivity index (χ4n) is 4.83. The maximum Gasteiger partial charge on any atom is 0.237 e. The minimum Gasteiger partial charge on any atom is -0.378 e. The standard InChI is InChI=1S/C26H35N3O2/c1-31-25-19-28(21-26(30)29(20-25)18-23-10-6-3-7-11-23)24-13-16-27(17-14-24)15-12-22-8-4-2-5-9-22/h2-11,24-25H,12-21H2,1H3. The van der Waals surface area contributed by atoms with Crippen LogP contribution in [0.2, 0.25) is 0 Å². The predicted molar refractivity (Wildman–Crippen MR) is 124 cm³/mol. The van der Waals surface area contributed by atoms with Gasteiger partial charge < -0.3 is 14.5 Å². The third-order valence-electron chi connectivity index (χ3n) is 6.74. The van der Waals surface area contributed by atoms with Crippen LogP contribution in [-0.4, -0.2) is 79.1 Å². The summed E-state index contributed by atoms with van der Waals surface area (Å²) in [5.74, 6) is 0.218. The monoisotopic (exact) mass is 421 g/mol. The Kier molecular flexibility index (Phi) is 7.73. The van der Waals surface area contributed by atoms with Crippen LogP contribution in [0.3, 0.4) is 0 Å². The largest absolute Gasteiger partial charge is 0.378 e. The van der Waals surface area contributed by atoms with Crippen LogP contribution in [-0.2, 0) is 22.5 Å². The molecule has 2 aliphatic rings. The van der Waals surface area contributed by atoms with Crippen molar-refractivity contribution in [1.29, 1.82) is 0 Å². The third kappa shape index (κ3) is 6.16. The molecule has 4 rings (SSSR count). The molecule has 1 atom stereocenters. The van der Waals surface area contributed by atoms with Gasteiger partial charge in [0.25, 0.3) is 0 Å². The fourth-order valence-corrected chi connectivity index (χ4v) is 4.83. The van der Waals surface area contributed by atoms with E-state index in [1.807, 2.05) is 23.1 Å². The van der Waals surface area contributed by atoms with Gasteiger partial charge in [-0.1, -0.05) is 60.7 Å². The van der Waals surface area contributed by atoms with Crippen LogP contribution in [0.5, 0.6) is 0 Å². The van der Waals surface area contributed by atoms with E-state index < -0.39 is 0 Å². The maximum absolute atomic E-state index is 13.1. The molecular weight excluding hydrogens is 386 g/mol. The minimum absolute atomic E-state index is 0.0614. The molecule has 0 aromatic heterocycles. The number of likely N-dealkylation sites (tertiary alicyclic amines) is 1. The van der Waals surface area contributed by atoms with Gasteiger partial charge in [-0.25, -0.2) is 0 Å². The highest BCUT2D eigenvalue weighted by atomic mass is 16.5. The van der Waals surface area contributed by atoms with Crippen molar-refractivity contribution in [3.8, 4) is 0 Å². The van der Waals surface area contributed by atoms with Crippen molar-refractivity contribution >= 4 is 5.91 Å². The normalized spacial score (nSPS) is 21.9. The lowest BCUT2D eigenvalue weighted by molar-refractivity contribution is -0.132. The summed E-state index contributed by atoms with van der Waals surface area (Å²) in [7, 11) is 1.77.